The Labute approximate surface area is 157 Å². The fraction of sp³-hybridized carbons (Fsp3) is 0.462. The number of hydrogen-bond acceptors (Lipinski definition) is 0. The van der Waals surface area contributed by atoms with Crippen LogP contribution in [0.1, 0.15) is 46.9 Å². The van der Waals surface area contributed by atoms with Crippen molar-refractivity contribution in [1.82, 2.24) is 0 Å². The second kappa shape index (κ2) is 4.91. The summed E-state index contributed by atoms with van der Waals surface area (Å²) in [6.45, 7) is 13.1. The minimum absolute atomic E-state index is 0.698. The van der Waals surface area contributed by atoms with Crippen molar-refractivity contribution >= 4 is 10.8 Å². The van der Waals surface area contributed by atoms with Crippen LogP contribution in [0, 0.1) is 49.4 Å². The lowest BCUT2D eigenvalue weighted by molar-refractivity contribution is 0.174. The molecule has 26 heavy (non-hydrogen) atoms. The van der Waals surface area contributed by atoms with Gasteiger partial charge in [0.1, 0.15) is 0 Å². The molecular weight excluding hydrogens is 312 g/mol. The maximum Gasteiger partial charge on any atom is -0.00498 e. The van der Waals surface area contributed by atoms with Crippen molar-refractivity contribution in [1.29, 1.82) is 0 Å². The molecule has 4 aliphatic rings. The molecule has 0 radical (unpaired) electrons. The smallest absolute Gasteiger partial charge is 0.00498 e. The predicted molar refractivity (Wildman–Crippen MR) is 109 cm³/mol. The van der Waals surface area contributed by atoms with Gasteiger partial charge >= 0.3 is 0 Å². The lowest BCUT2D eigenvalue weighted by atomic mass is 9.65. The molecule has 6 rings (SSSR count). The van der Waals surface area contributed by atoms with Crippen LogP contribution in [0.3, 0.4) is 0 Å². The van der Waals surface area contributed by atoms with Crippen molar-refractivity contribution in [2.24, 2.45) is 35.5 Å². The van der Waals surface area contributed by atoms with E-state index in [1.54, 1.807) is 16.5 Å². The second-order valence-corrected chi connectivity index (χ2v) is 9.50. The topological polar surface area (TPSA) is 0 Å². The average molecular weight is 341 g/mol. The van der Waals surface area contributed by atoms with E-state index < -0.39 is 0 Å². The van der Waals surface area contributed by atoms with Gasteiger partial charge in [-0.05, 0) is 107 Å². The quantitative estimate of drug-likeness (QED) is 0.545. The summed E-state index contributed by atoms with van der Waals surface area (Å²) < 4.78 is 0. The van der Waals surface area contributed by atoms with Crippen molar-refractivity contribution in [3.05, 3.63) is 71.8 Å². The minimum Gasteiger partial charge on any atom is -0.103 e. The van der Waals surface area contributed by atoms with Crippen LogP contribution in [0.2, 0.25) is 0 Å². The number of benzene rings is 2. The van der Waals surface area contributed by atoms with Gasteiger partial charge in [0, 0.05) is 0 Å². The van der Waals surface area contributed by atoms with E-state index in [0.29, 0.717) is 11.8 Å². The van der Waals surface area contributed by atoms with Gasteiger partial charge in [-0.2, -0.15) is 0 Å². The molecule has 0 heterocycles. The number of aryl methyl sites for hydroxylation is 2. The van der Waals surface area contributed by atoms with E-state index in [4.69, 9.17) is 0 Å². The molecule has 0 saturated heterocycles. The highest BCUT2D eigenvalue weighted by molar-refractivity contribution is 5.96. The van der Waals surface area contributed by atoms with E-state index in [0.717, 1.165) is 35.5 Å². The van der Waals surface area contributed by atoms with Crippen LogP contribution in [-0.4, -0.2) is 0 Å². The molecule has 0 amide bonds. The molecule has 4 aliphatic carbocycles. The third kappa shape index (κ3) is 1.55. The number of allylic oxidation sites excluding steroid dienone is 2. The van der Waals surface area contributed by atoms with E-state index in [2.05, 4.69) is 63.4 Å². The number of rotatable bonds is 2. The summed E-state index contributed by atoms with van der Waals surface area (Å²) in [5.74, 6) is 6.29. The number of fused-ring (bicyclic) bond motifs is 10. The summed E-state index contributed by atoms with van der Waals surface area (Å²) in [6, 6.07) is 9.55. The van der Waals surface area contributed by atoms with Gasteiger partial charge in [0.25, 0.3) is 0 Å². The fourth-order valence-electron chi connectivity index (χ4n) is 8.25. The molecule has 0 nitrogen and oxygen atoms in total. The van der Waals surface area contributed by atoms with Crippen molar-refractivity contribution in [2.45, 2.75) is 38.5 Å². The zero-order valence-corrected chi connectivity index (χ0v) is 15.9. The van der Waals surface area contributed by atoms with Crippen LogP contribution in [-0.2, 0) is 0 Å². The standard InChI is InChI=1S/C26H28/c1-5-15-11-16(6-2)23-20-12-19(22(15)23)25-18-9-7-8-17-13(3)10-14(4)21(24(17)18)26(20)25/h5-10,15-16,19-20,22-23,25-26H,1-2,11-12H2,3-4H3. The minimum atomic E-state index is 0.698. The molecule has 0 heteroatoms. The highest BCUT2D eigenvalue weighted by atomic mass is 14.7. The van der Waals surface area contributed by atoms with E-state index in [1.165, 1.54) is 29.4 Å². The van der Waals surface area contributed by atoms with E-state index in [1.807, 2.05) is 0 Å². The highest BCUT2D eigenvalue weighted by Gasteiger charge is 2.65. The van der Waals surface area contributed by atoms with Crippen molar-refractivity contribution in [3.8, 4) is 0 Å². The molecule has 2 bridgehead atoms. The summed E-state index contributed by atoms with van der Waals surface area (Å²) in [6.07, 6.45) is 7.27. The zero-order chi connectivity index (χ0) is 17.7. The summed E-state index contributed by atoms with van der Waals surface area (Å²) in [5, 5.41) is 3.13. The normalized spacial score (nSPS) is 41.5. The Morgan fingerprint density at radius 3 is 2.27 bits per heavy atom. The monoisotopic (exact) mass is 340 g/mol. The molecule has 2 aromatic carbocycles. The molecule has 8 unspecified atom stereocenters. The van der Waals surface area contributed by atoms with Gasteiger partial charge in [-0.1, -0.05) is 36.4 Å². The first-order chi connectivity index (χ1) is 12.7. The molecule has 2 aromatic rings. The Morgan fingerprint density at radius 1 is 0.885 bits per heavy atom. The lowest BCUT2D eigenvalue weighted by Gasteiger charge is -2.38. The van der Waals surface area contributed by atoms with Crippen LogP contribution in [0.15, 0.2) is 49.6 Å². The average Bonchev–Trinajstić information content (AvgIpc) is 3.36. The Balaban J connectivity index is 1.59. The Hall–Kier alpha value is -1.82. The van der Waals surface area contributed by atoms with Crippen LogP contribution in [0.25, 0.3) is 10.8 Å². The molecule has 8 atom stereocenters. The van der Waals surface area contributed by atoms with Crippen LogP contribution >= 0.6 is 0 Å². The molecule has 3 saturated carbocycles. The lowest BCUT2D eigenvalue weighted by Crippen LogP contribution is -2.32. The van der Waals surface area contributed by atoms with Gasteiger partial charge in [-0.3, -0.25) is 0 Å². The van der Waals surface area contributed by atoms with E-state index in [-0.39, 0.29) is 0 Å². The van der Waals surface area contributed by atoms with E-state index >= 15 is 0 Å². The first kappa shape index (κ1) is 15.3. The van der Waals surface area contributed by atoms with Gasteiger partial charge in [0.15, 0.2) is 0 Å². The third-order valence-corrected chi connectivity index (χ3v) is 8.77. The number of hydrogen-bond donors (Lipinski definition) is 0. The largest absolute Gasteiger partial charge is 0.103 e. The Kier molecular flexibility index (Phi) is 2.88. The Morgan fingerprint density at radius 2 is 1.58 bits per heavy atom. The molecule has 0 aromatic heterocycles. The molecule has 132 valence electrons. The maximum atomic E-state index is 4.21. The first-order valence-corrected chi connectivity index (χ1v) is 10.4. The van der Waals surface area contributed by atoms with Crippen LogP contribution in [0.5, 0.6) is 0 Å². The van der Waals surface area contributed by atoms with Crippen molar-refractivity contribution in [2.75, 3.05) is 0 Å². The van der Waals surface area contributed by atoms with Gasteiger partial charge in [0.05, 0.1) is 0 Å². The highest BCUT2D eigenvalue weighted by Crippen LogP contribution is 2.74. The zero-order valence-electron chi connectivity index (χ0n) is 15.9. The summed E-state index contributed by atoms with van der Waals surface area (Å²) in [5.41, 5.74) is 6.36. The van der Waals surface area contributed by atoms with Crippen LogP contribution in [0.4, 0.5) is 0 Å². The van der Waals surface area contributed by atoms with Gasteiger partial charge in [0.2, 0.25) is 0 Å². The first-order valence-electron chi connectivity index (χ1n) is 10.4. The summed E-state index contributed by atoms with van der Waals surface area (Å²) in [4.78, 5) is 0. The molecule has 3 fully saturated rings. The van der Waals surface area contributed by atoms with Gasteiger partial charge < -0.3 is 0 Å². The SMILES string of the molecule is C=CC1CC(C=C)C2C3CC(C4c5cccc6c(C)cc(C)c(c56)C34)C12. The Bertz CT molecular complexity index is 964. The second-order valence-electron chi connectivity index (χ2n) is 9.50. The van der Waals surface area contributed by atoms with Crippen molar-refractivity contribution in [3.63, 3.8) is 0 Å². The predicted octanol–water partition coefficient (Wildman–Crippen LogP) is 6.53. The fourth-order valence-corrected chi connectivity index (χ4v) is 8.25. The van der Waals surface area contributed by atoms with Gasteiger partial charge in [-0.15, -0.1) is 13.2 Å². The third-order valence-electron chi connectivity index (χ3n) is 8.77. The molecule has 0 aliphatic heterocycles. The summed E-state index contributed by atoms with van der Waals surface area (Å²) in [7, 11) is 0. The van der Waals surface area contributed by atoms with Crippen molar-refractivity contribution < 1.29 is 0 Å². The molecule has 0 spiro atoms. The molecule has 0 N–H and O–H groups in total. The maximum absolute atomic E-state index is 4.21. The molecular formula is C26H28. The van der Waals surface area contributed by atoms with Gasteiger partial charge in [-0.25, -0.2) is 0 Å². The van der Waals surface area contributed by atoms with Crippen LogP contribution < -0.4 is 0 Å². The summed E-state index contributed by atoms with van der Waals surface area (Å²) >= 11 is 0. The van der Waals surface area contributed by atoms with E-state index in [9.17, 15) is 0 Å².